The lowest BCUT2D eigenvalue weighted by atomic mass is 9.70. The number of aliphatic hydroxyl groups excluding tert-OH is 1. The molecular formula is C40H49BrN6O7. The number of likely N-dealkylation sites (N-methyl/N-ethyl adjacent to an activating group) is 1. The lowest BCUT2D eigenvalue weighted by molar-refractivity contribution is -0.165. The van der Waals surface area contributed by atoms with E-state index in [-0.39, 0.29) is 42.7 Å². The Balaban J connectivity index is 1.37. The van der Waals surface area contributed by atoms with Gasteiger partial charge in [-0.15, -0.1) is 18.3 Å². The molecule has 3 aromatic rings. The van der Waals surface area contributed by atoms with Gasteiger partial charge in [0.2, 0.25) is 17.7 Å². The van der Waals surface area contributed by atoms with Crippen molar-refractivity contribution >= 4 is 50.7 Å². The predicted molar refractivity (Wildman–Crippen MR) is 205 cm³/mol. The number of benzene rings is 2. The van der Waals surface area contributed by atoms with Crippen LogP contribution >= 0.6 is 15.9 Å². The van der Waals surface area contributed by atoms with E-state index in [1.165, 1.54) is 4.90 Å². The van der Waals surface area contributed by atoms with Crippen LogP contribution in [0.5, 0.6) is 0 Å². The number of nitrogens with zero attached hydrogens (tertiary/aromatic N) is 6. The molecule has 2 aromatic carbocycles. The predicted octanol–water partition coefficient (Wildman–Crippen LogP) is 4.27. The zero-order valence-corrected chi connectivity index (χ0v) is 32.7. The number of para-hydroxylation sites is 1. The molecule has 1 unspecified atom stereocenters. The number of aliphatic hydroxyl groups is 1. The monoisotopic (exact) mass is 804 g/mol. The molecule has 54 heavy (non-hydrogen) atoms. The second-order valence-electron chi connectivity index (χ2n) is 14.8. The second kappa shape index (κ2) is 16.1. The number of allylic oxidation sites excluding steroid dienone is 1. The molecule has 4 heterocycles. The largest absolute Gasteiger partial charge is 0.455 e. The van der Waals surface area contributed by atoms with Crippen molar-refractivity contribution in [2.75, 3.05) is 20.2 Å². The second-order valence-corrected chi connectivity index (χ2v) is 16.0. The SMILES string of the molecule is C=CCCC(=O)N(C)[C@H](C)[C@H](OC(=O)[C@H]1[C@@H]2O[C@@]3(CC2Br)[C@@H]1C(=O)N([C@@H](CO)C(C)C)[C@@H]3C(=O)N(CC=C)Cn1nnc2ccccc21)c1ccccc1. The molecule has 1 spiro atoms. The van der Waals surface area contributed by atoms with Crippen molar-refractivity contribution in [3.05, 3.63) is 85.5 Å². The first kappa shape index (κ1) is 39.3. The molecule has 3 amide bonds. The summed E-state index contributed by atoms with van der Waals surface area (Å²) < 4.78 is 14.8. The van der Waals surface area contributed by atoms with Gasteiger partial charge in [0.15, 0.2) is 0 Å². The molecule has 14 heteroatoms. The van der Waals surface area contributed by atoms with Gasteiger partial charge in [0, 0.05) is 24.8 Å². The zero-order chi connectivity index (χ0) is 38.9. The number of carbonyl (C=O) groups excluding carboxylic acids is 4. The number of esters is 1. The molecule has 1 N–H and O–H groups in total. The zero-order valence-electron chi connectivity index (χ0n) is 31.2. The van der Waals surface area contributed by atoms with Crippen molar-refractivity contribution < 1.29 is 33.8 Å². The van der Waals surface area contributed by atoms with Gasteiger partial charge in [-0.25, -0.2) is 4.68 Å². The molecule has 1 aromatic heterocycles. The maximum Gasteiger partial charge on any atom is 0.313 e. The van der Waals surface area contributed by atoms with E-state index in [1.54, 1.807) is 33.7 Å². The van der Waals surface area contributed by atoms with Gasteiger partial charge in [-0.2, -0.15) is 0 Å². The van der Waals surface area contributed by atoms with Crippen molar-refractivity contribution in [3.63, 3.8) is 0 Å². The summed E-state index contributed by atoms with van der Waals surface area (Å²) in [5.41, 5.74) is 0.663. The summed E-state index contributed by atoms with van der Waals surface area (Å²) in [4.78, 5) is 61.9. The van der Waals surface area contributed by atoms with Crippen LogP contribution in [0.1, 0.15) is 51.7 Å². The number of amides is 3. The lowest BCUT2D eigenvalue weighted by Gasteiger charge is -2.40. The Bertz CT molecular complexity index is 1890. The minimum atomic E-state index is -1.41. The first-order valence-corrected chi connectivity index (χ1v) is 19.4. The van der Waals surface area contributed by atoms with E-state index < -0.39 is 72.2 Å². The quantitative estimate of drug-likeness (QED) is 0.128. The Morgan fingerprint density at radius 2 is 1.81 bits per heavy atom. The third kappa shape index (κ3) is 6.88. The maximum absolute atomic E-state index is 15.1. The van der Waals surface area contributed by atoms with Gasteiger partial charge < -0.3 is 29.3 Å². The number of aromatic nitrogens is 3. The average molecular weight is 806 g/mol. The third-order valence-corrected chi connectivity index (χ3v) is 12.2. The molecule has 288 valence electrons. The summed E-state index contributed by atoms with van der Waals surface area (Å²) in [5, 5.41) is 19.3. The Hall–Kier alpha value is -4.40. The van der Waals surface area contributed by atoms with Crippen molar-refractivity contribution in [2.24, 2.45) is 17.8 Å². The third-order valence-electron chi connectivity index (χ3n) is 11.3. The van der Waals surface area contributed by atoms with E-state index in [0.717, 1.165) is 5.52 Å². The number of halogens is 1. The molecular weight excluding hydrogens is 756 g/mol. The summed E-state index contributed by atoms with van der Waals surface area (Å²) >= 11 is 3.75. The first-order chi connectivity index (χ1) is 25.9. The van der Waals surface area contributed by atoms with Gasteiger partial charge in [0.05, 0.1) is 42.1 Å². The van der Waals surface area contributed by atoms with E-state index in [4.69, 9.17) is 9.47 Å². The van der Waals surface area contributed by atoms with Gasteiger partial charge in [-0.05, 0) is 43.4 Å². The molecule has 3 aliphatic rings. The van der Waals surface area contributed by atoms with Crippen LogP contribution in [-0.2, 0) is 35.3 Å². The number of fused-ring (bicyclic) bond motifs is 2. The Morgan fingerprint density at radius 1 is 1.11 bits per heavy atom. The Kier molecular flexibility index (Phi) is 11.7. The van der Waals surface area contributed by atoms with Crippen molar-refractivity contribution in [1.29, 1.82) is 0 Å². The molecule has 9 atom stereocenters. The average Bonchev–Trinajstić information content (AvgIpc) is 3.89. The number of hydrogen-bond donors (Lipinski definition) is 1. The first-order valence-electron chi connectivity index (χ1n) is 18.4. The summed E-state index contributed by atoms with van der Waals surface area (Å²) in [6.45, 7) is 12.9. The number of likely N-dealkylation sites (tertiary alicyclic amines) is 1. The summed E-state index contributed by atoms with van der Waals surface area (Å²) in [6, 6.07) is 14.1. The van der Waals surface area contributed by atoms with E-state index in [2.05, 4.69) is 39.4 Å². The van der Waals surface area contributed by atoms with Crippen LogP contribution < -0.4 is 0 Å². The summed E-state index contributed by atoms with van der Waals surface area (Å²) in [7, 11) is 1.68. The number of alkyl halides is 1. The fourth-order valence-electron chi connectivity index (χ4n) is 8.45. The standard InChI is InChI=1S/C40H49BrN6O7/c1-7-9-19-31(49)44(6)25(5)34(26-15-11-10-12-16-26)53-39(52)32-33-37(50)47(30(22-48)24(3)4)36(40(33)21-27(41)35(32)54-40)38(51)45(20-8-2)23-46-29-18-14-13-17-28(29)42-43-46/h7-8,10-18,24-25,27,30,32-36,48H,1-2,9,19-23H2,3-6H3/t25-,27?,30+,32-,33+,34+,35-,36-,40+/m1/s1. The molecule has 6 rings (SSSR count). The fraction of sp³-hybridized carbons (Fsp3) is 0.500. The van der Waals surface area contributed by atoms with E-state index in [1.807, 2.05) is 75.4 Å². The molecule has 3 fully saturated rings. The molecule has 0 radical (unpaired) electrons. The highest BCUT2D eigenvalue weighted by molar-refractivity contribution is 9.09. The summed E-state index contributed by atoms with van der Waals surface area (Å²) in [5.74, 6) is -4.04. The molecule has 13 nitrogen and oxygen atoms in total. The van der Waals surface area contributed by atoms with Crippen molar-refractivity contribution in [1.82, 2.24) is 29.7 Å². The highest BCUT2D eigenvalue weighted by Gasteiger charge is 2.77. The molecule has 0 aliphatic carbocycles. The van der Waals surface area contributed by atoms with Crippen LogP contribution in [0.2, 0.25) is 0 Å². The minimum Gasteiger partial charge on any atom is -0.455 e. The van der Waals surface area contributed by atoms with Crippen LogP contribution in [0.4, 0.5) is 0 Å². The summed E-state index contributed by atoms with van der Waals surface area (Å²) in [6.07, 6.45) is 2.67. The lowest BCUT2D eigenvalue weighted by Crippen LogP contribution is -2.60. The smallest absolute Gasteiger partial charge is 0.313 e. The van der Waals surface area contributed by atoms with Crippen LogP contribution in [-0.4, -0.2) is 113 Å². The van der Waals surface area contributed by atoms with Crippen LogP contribution in [0.15, 0.2) is 79.9 Å². The Morgan fingerprint density at radius 3 is 2.48 bits per heavy atom. The number of carbonyl (C=O) groups is 4. The van der Waals surface area contributed by atoms with E-state index in [0.29, 0.717) is 17.5 Å². The van der Waals surface area contributed by atoms with Gasteiger partial charge in [-0.1, -0.05) is 89.6 Å². The number of ether oxygens (including phenoxy) is 2. The van der Waals surface area contributed by atoms with Gasteiger partial charge in [0.25, 0.3) is 0 Å². The van der Waals surface area contributed by atoms with Crippen LogP contribution in [0.3, 0.4) is 0 Å². The van der Waals surface area contributed by atoms with Crippen molar-refractivity contribution in [2.45, 2.75) is 87.5 Å². The van der Waals surface area contributed by atoms with E-state index >= 15 is 4.79 Å². The normalized spacial score (nSPS) is 26.0. The van der Waals surface area contributed by atoms with Gasteiger partial charge >= 0.3 is 5.97 Å². The molecule has 3 aliphatic heterocycles. The number of hydrogen-bond acceptors (Lipinski definition) is 9. The molecule has 3 saturated heterocycles. The topological polar surface area (TPSA) is 147 Å². The molecule has 2 bridgehead atoms. The fourth-order valence-corrected chi connectivity index (χ4v) is 9.39. The van der Waals surface area contributed by atoms with Gasteiger partial charge in [-0.3, -0.25) is 19.2 Å². The number of rotatable bonds is 16. The van der Waals surface area contributed by atoms with Crippen LogP contribution in [0, 0.1) is 17.8 Å². The van der Waals surface area contributed by atoms with Gasteiger partial charge in [0.1, 0.15) is 29.9 Å². The van der Waals surface area contributed by atoms with Crippen LogP contribution in [0.25, 0.3) is 11.0 Å². The highest BCUT2D eigenvalue weighted by atomic mass is 79.9. The molecule has 0 saturated carbocycles. The maximum atomic E-state index is 15.1. The van der Waals surface area contributed by atoms with Crippen molar-refractivity contribution in [3.8, 4) is 0 Å². The highest BCUT2D eigenvalue weighted by Crippen LogP contribution is 2.61. The minimum absolute atomic E-state index is 0.0123. The Labute approximate surface area is 324 Å². The van der Waals surface area contributed by atoms with E-state index in [9.17, 15) is 19.5 Å².